The van der Waals surface area contributed by atoms with E-state index in [2.05, 4.69) is 10.2 Å². The van der Waals surface area contributed by atoms with Crippen molar-refractivity contribution in [3.63, 3.8) is 0 Å². The molecule has 124 valence electrons. The molecule has 0 N–H and O–H groups in total. The van der Waals surface area contributed by atoms with Gasteiger partial charge in [0.05, 0.1) is 14.2 Å². The Bertz CT molecular complexity index is 807. The monoisotopic (exact) mass is 326 g/mol. The standard InChI is InChI=1S/C18H18N2O4/c1-12-6-4-7-13(10-12)18-20-19-16(24-18)11-23-17-14(21-2)8-5-9-15(17)22-3/h4-10H,11H2,1-3H3. The van der Waals surface area contributed by atoms with Crippen LogP contribution in [0.1, 0.15) is 11.5 Å². The molecular formula is C18H18N2O4. The molecule has 6 nitrogen and oxygen atoms in total. The summed E-state index contributed by atoms with van der Waals surface area (Å²) in [4.78, 5) is 0. The van der Waals surface area contributed by atoms with Gasteiger partial charge < -0.3 is 18.6 Å². The normalized spacial score (nSPS) is 10.5. The fraction of sp³-hybridized carbons (Fsp3) is 0.222. The number of hydrogen-bond donors (Lipinski definition) is 0. The van der Waals surface area contributed by atoms with Crippen molar-refractivity contribution in [2.24, 2.45) is 0 Å². The van der Waals surface area contributed by atoms with Crippen LogP contribution in [0.4, 0.5) is 0 Å². The van der Waals surface area contributed by atoms with Gasteiger partial charge in [-0.1, -0.05) is 23.8 Å². The van der Waals surface area contributed by atoms with Gasteiger partial charge in [-0.15, -0.1) is 10.2 Å². The van der Waals surface area contributed by atoms with Crippen molar-refractivity contribution in [3.8, 4) is 28.7 Å². The largest absolute Gasteiger partial charge is 0.493 e. The van der Waals surface area contributed by atoms with Crippen molar-refractivity contribution in [2.45, 2.75) is 13.5 Å². The fourth-order valence-electron chi connectivity index (χ4n) is 2.30. The summed E-state index contributed by atoms with van der Waals surface area (Å²) in [6.45, 7) is 2.13. The Kier molecular flexibility index (Phi) is 4.65. The van der Waals surface area contributed by atoms with E-state index in [-0.39, 0.29) is 6.61 Å². The molecule has 0 radical (unpaired) electrons. The number of para-hydroxylation sites is 1. The molecule has 0 aliphatic carbocycles. The van der Waals surface area contributed by atoms with Gasteiger partial charge in [0, 0.05) is 5.56 Å². The zero-order valence-electron chi connectivity index (χ0n) is 13.8. The number of ether oxygens (including phenoxy) is 3. The van der Waals surface area contributed by atoms with E-state index in [0.29, 0.717) is 29.0 Å². The van der Waals surface area contributed by atoms with Gasteiger partial charge in [0.2, 0.25) is 11.6 Å². The van der Waals surface area contributed by atoms with Crippen LogP contribution in [-0.2, 0) is 6.61 Å². The van der Waals surface area contributed by atoms with Gasteiger partial charge in [-0.05, 0) is 31.2 Å². The zero-order valence-corrected chi connectivity index (χ0v) is 13.8. The van der Waals surface area contributed by atoms with Gasteiger partial charge in [-0.3, -0.25) is 0 Å². The Morgan fingerprint density at radius 2 is 1.67 bits per heavy atom. The molecular weight excluding hydrogens is 308 g/mol. The van der Waals surface area contributed by atoms with E-state index in [1.54, 1.807) is 26.4 Å². The Morgan fingerprint density at radius 3 is 2.33 bits per heavy atom. The van der Waals surface area contributed by atoms with Crippen LogP contribution >= 0.6 is 0 Å². The highest BCUT2D eigenvalue weighted by atomic mass is 16.5. The average Bonchev–Trinajstić information content (AvgIpc) is 3.08. The molecule has 0 aliphatic heterocycles. The van der Waals surface area contributed by atoms with Crippen LogP contribution in [0.2, 0.25) is 0 Å². The Labute approximate surface area is 140 Å². The van der Waals surface area contributed by atoms with Gasteiger partial charge in [-0.25, -0.2) is 0 Å². The molecule has 3 rings (SSSR count). The van der Waals surface area contributed by atoms with E-state index in [1.807, 2.05) is 37.3 Å². The number of rotatable bonds is 6. The predicted molar refractivity (Wildman–Crippen MR) is 88.3 cm³/mol. The molecule has 0 spiro atoms. The smallest absolute Gasteiger partial charge is 0.254 e. The second-order valence-electron chi connectivity index (χ2n) is 5.15. The van der Waals surface area contributed by atoms with E-state index < -0.39 is 0 Å². The van der Waals surface area contributed by atoms with Crippen LogP contribution < -0.4 is 14.2 Å². The van der Waals surface area contributed by atoms with E-state index in [0.717, 1.165) is 11.1 Å². The number of methoxy groups -OCH3 is 2. The first-order chi connectivity index (χ1) is 11.7. The minimum Gasteiger partial charge on any atom is -0.493 e. The second kappa shape index (κ2) is 7.04. The number of hydrogen-bond acceptors (Lipinski definition) is 6. The molecule has 2 aromatic carbocycles. The highest BCUT2D eigenvalue weighted by molar-refractivity contribution is 5.53. The molecule has 6 heteroatoms. The second-order valence-corrected chi connectivity index (χ2v) is 5.15. The third kappa shape index (κ3) is 3.32. The minimum absolute atomic E-state index is 0.121. The highest BCUT2D eigenvalue weighted by Gasteiger charge is 2.14. The summed E-state index contributed by atoms with van der Waals surface area (Å²) in [6, 6.07) is 13.3. The van der Waals surface area contributed by atoms with E-state index in [4.69, 9.17) is 18.6 Å². The van der Waals surface area contributed by atoms with E-state index in [9.17, 15) is 0 Å². The van der Waals surface area contributed by atoms with Gasteiger partial charge >= 0.3 is 0 Å². The first-order valence-corrected chi connectivity index (χ1v) is 7.44. The molecule has 0 atom stereocenters. The third-order valence-electron chi connectivity index (χ3n) is 3.45. The lowest BCUT2D eigenvalue weighted by molar-refractivity contribution is 0.238. The van der Waals surface area contributed by atoms with Crippen LogP contribution in [0.3, 0.4) is 0 Å². The molecule has 0 saturated carbocycles. The topological polar surface area (TPSA) is 66.6 Å². The SMILES string of the molecule is COc1cccc(OC)c1OCc1nnc(-c2cccc(C)c2)o1. The Balaban J connectivity index is 1.77. The van der Waals surface area contributed by atoms with Gasteiger partial charge in [0.25, 0.3) is 5.89 Å². The van der Waals surface area contributed by atoms with Crippen LogP contribution in [0.5, 0.6) is 17.2 Å². The Morgan fingerprint density at radius 1 is 0.958 bits per heavy atom. The number of aromatic nitrogens is 2. The molecule has 0 fully saturated rings. The maximum absolute atomic E-state index is 5.76. The van der Waals surface area contributed by atoms with Crippen molar-refractivity contribution >= 4 is 0 Å². The average molecular weight is 326 g/mol. The van der Waals surface area contributed by atoms with Gasteiger partial charge in [0.1, 0.15) is 0 Å². The summed E-state index contributed by atoms with van der Waals surface area (Å²) in [5, 5.41) is 8.09. The van der Waals surface area contributed by atoms with Crippen molar-refractivity contribution in [2.75, 3.05) is 14.2 Å². The van der Waals surface area contributed by atoms with Crippen LogP contribution in [0.15, 0.2) is 46.9 Å². The summed E-state index contributed by atoms with van der Waals surface area (Å²) in [7, 11) is 3.15. The molecule has 0 bridgehead atoms. The molecule has 1 heterocycles. The van der Waals surface area contributed by atoms with Crippen molar-refractivity contribution in [3.05, 3.63) is 53.9 Å². The first-order valence-electron chi connectivity index (χ1n) is 7.44. The van der Waals surface area contributed by atoms with Crippen molar-refractivity contribution in [1.82, 2.24) is 10.2 Å². The van der Waals surface area contributed by atoms with Crippen LogP contribution in [0.25, 0.3) is 11.5 Å². The quantitative estimate of drug-likeness (QED) is 0.689. The molecule has 3 aromatic rings. The fourth-order valence-corrected chi connectivity index (χ4v) is 2.30. The minimum atomic E-state index is 0.121. The number of benzene rings is 2. The summed E-state index contributed by atoms with van der Waals surface area (Å²) >= 11 is 0. The highest BCUT2D eigenvalue weighted by Crippen LogP contribution is 2.37. The molecule has 24 heavy (non-hydrogen) atoms. The summed E-state index contributed by atoms with van der Waals surface area (Å²) in [5.41, 5.74) is 2.01. The maximum atomic E-state index is 5.76. The summed E-state index contributed by atoms with van der Waals surface area (Å²) in [5.74, 6) is 2.49. The first kappa shape index (κ1) is 15.9. The van der Waals surface area contributed by atoms with Crippen molar-refractivity contribution < 1.29 is 18.6 Å². The molecule has 0 amide bonds. The zero-order chi connectivity index (χ0) is 16.9. The lowest BCUT2D eigenvalue weighted by Crippen LogP contribution is -2.00. The number of aryl methyl sites for hydroxylation is 1. The summed E-state index contributed by atoms with van der Waals surface area (Å²) in [6.07, 6.45) is 0. The molecule has 0 aliphatic rings. The molecule has 1 aromatic heterocycles. The van der Waals surface area contributed by atoms with Gasteiger partial charge in [-0.2, -0.15) is 0 Å². The predicted octanol–water partition coefficient (Wildman–Crippen LogP) is 3.64. The maximum Gasteiger partial charge on any atom is 0.254 e. The van der Waals surface area contributed by atoms with Crippen molar-refractivity contribution in [1.29, 1.82) is 0 Å². The summed E-state index contributed by atoms with van der Waals surface area (Å²) < 4.78 is 22.0. The van der Waals surface area contributed by atoms with E-state index >= 15 is 0 Å². The van der Waals surface area contributed by atoms with Crippen LogP contribution in [0, 0.1) is 6.92 Å². The molecule has 0 unspecified atom stereocenters. The number of nitrogens with zero attached hydrogens (tertiary/aromatic N) is 2. The van der Waals surface area contributed by atoms with Gasteiger partial charge in [0.15, 0.2) is 18.1 Å². The lowest BCUT2D eigenvalue weighted by Gasteiger charge is -2.12. The van der Waals surface area contributed by atoms with E-state index in [1.165, 1.54) is 0 Å². The third-order valence-corrected chi connectivity index (χ3v) is 3.45. The molecule has 0 saturated heterocycles. The lowest BCUT2D eigenvalue weighted by atomic mass is 10.1. The Hall–Kier alpha value is -3.02. The van der Waals surface area contributed by atoms with Crippen LogP contribution in [-0.4, -0.2) is 24.4 Å².